The van der Waals surface area contributed by atoms with Crippen LogP contribution in [0, 0.1) is 0 Å². The molecule has 0 bridgehead atoms. The number of aromatic nitrogens is 1. The summed E-state index contributed by atoms with van der Waals surface area (Å²) in [5.41, 5.74) is 0.613. The van der Waals surface area contributed by atoms with Crippen molar-refractivity contribution in [3.63, 3.8) is 0 Å². The zero-order valence-electron chi connectivity index (χ0n) is 10.5. The first-order chi connectivity index (χ1) is 8.04. The Bertz CT molecular complexity index is 460. The summed E-state index contributed by atoms with van der Waals surface area (Å²) in [4.78, 5) is 4.12. The van der Waals surface area contributed by atoms with Crippen molar-refractivity contribution in [1.82, 2.24) is 9.29 Å². The Morgan fingerprint density at radius 3 is 2.71 bits per heavy atom. The third kappa shape index (κ3) is 3.17. The summed E-state index contributed by atoms with van der Waals surface area (Å²) < 4.78 is 25.7. The molecule has 0 aliphatic rings. The molecule has 96 valence electrons. The van der Waals surface area contributed by atoms with Crippen molar-refractivity contribution >= 4 is 15.7 Å². The monoisotopic (exact) mass is 257 g/mol. The highest BCUT2D eigenvalue weighted by molar-refractivity contribution is 7.89. The Morgan fingerprint density at radius 1 is 1.41 bits per heavy atom. The maximum atomic E-state index is 12.2. The molecular weight excluding hydrogens is 238 g/mol. The first-order valence-corrected chi connectivity index (χ1v) is 7.12. The Labute approximate surface area is 103 Å². The lowest BCUT2D eigenvalue weighted by molar-refractivity contribution is 0.486. The van der Waals surface area contributed by atoms with E-state index >= 15 is 0 Å². The van der Waals surface area contributed by atoms with E-state index in [2.05, 4.69) is 10.3 Å². The largest absolute Gasteiger partial charge is 0.384 e. The molecule has 6 heteroatoms. The van der Waals surface area contributed by atoms with Gasteiger partial charge in [0.2, 0.25) is 10.0 Å². The van der Waals surface area contributed by atoms with Gasteiger partial charge < -0.3 is 5.32 Å². The maximum Gasteiger partial charge on any atom is 0.246 e. The fourth-order valence-corrected chi connectivity index (χ4v) is 2.62. The van der Waals surface area contributed by atoms with Gasteiger partial charge in [-0.05, 0) is 12.5 Å². The van der Waals surface area contributed by atoms with Crippen LogP contribution in [0.3, 0.4) is 0 Å². The fraction of sp³-hybridized carbons (Fsp3) is 0.545. The van der Waals surface area contributed by atoms with E-state index in [1.54, 1.807) is 26.2 Å². The van der Waals surface area contributed by atoms with Crippen LogP contribution in [0.2, 0.25) is 0 Å². The molecule has 0 amide bonds. The van der Waals surface area contributed by atoms with E-state index in [0.717, 1.165) is 13.0 Å². The second-order valence-electron chi connectivity index (χ2n) is 3.72. The van der Waals surface area contributed by atoms with Crippen molar-refractivity contribution in [2.24, 2.45) is 0 Å². The standard InChI is InChI=1S/C11H19N3O2S/c1-4-7-13-10-6-8-12-9-11(10)17(15,16)14(3)5-2/h6,8-9H,4-5,7H2,1-3H3,(H,12,13). The summed E-state index contributed by atoms with van der Waals surface area (Å²) in [6.45, 7) is 5.00. The number of anilines is 1. The van der Waals surface area contributed by atoms with Gasteiger partial charge in [-0.15, -0.1) is 0 Å². The molecule has 1 rings (SSSR count). The molecule has 1 aromatic rings. The lowest BCUT2D eigenvalue weighted by Gasteiger charge is -2.17. The minimum Gasteiger partial charge on any atom is -0.384 e. The van der Waals surface area contributed by atoms with Gasteiger partial charge >= 0.3 is 0 Å². The predicted octanol–water partition coefficient (Wildman–Crippen LogP) is 1.54. The highest BCUT2D eigenvalue weighted by Gasteiger charge is 2.22. The van der Waals surface area contributed by atoms with Crippen molar-refractivity contribution in [2.75, 3.05) is 25.5 Å². The van der Waals surface area contributed by atoms with Gasteiger partial charge in [0.05, 0.1) is 5.69 Å². The van der Waals surface area contributed by atoms with Crippen molar-refractivity contribution in [1.29, 1.82) is 0 Å². The molecule has 0 atom stereocenters. The van der Waals surface area contributed by atoms with Crippen LogP contribution in [-0.4, -0.2) is 37.8 Å². The molecule has 0 saturated carbocycles. The van der Waals surface area contributed by atoms with E-state index in [1.165, 1.54) is 10.5 Å². The minimum absolute atomic E-state index is 0.234. The summed E-state index contributed by atoms with van der Waals surface area (Å²) in [6.07, 6.45) is 3.91. The number of nitrogens with one attached hydrogen (secondary N) is 1. The van der Waals surface area contributed by atoms with Crippen LogP contribution >= 0.6 is 0 Å². The first kappa shape index (κ1) is 13.9. The molecule has 0 spiro atoms. The van der Waals surface area contributed by atoms with Gasteiger partial charge in [0.1, 0.15) is 4.90 Å². The Kier molecular flexibility index (Phi) is 4.89. The van der Waals surface area contributed by atoms with Crippen molar-refractivity contribution in [2.45, 2.75) is 25.2 Å². The number of pyridine rings is 1. The molecular formula is C11H19N3O2S. The van der Waals surface area contributed by atoms with Crippen LogP contribution in [0.4, 0.5) is 5.69 Å². The van der Waals surface area contributed by atoms with Gasteiger partial charge in [-0.25, -0.2) is 12.7 Å². The zero-order chi connectivity index (χ0) is 12.9. The number of hydrogen-bond acceptors (Lipinski definition) is 4. The molecule has 0 aliphatic carbocycles. The second kappa shape index (κ2) is 5.97. The number of sulfonamides is 1. The zero-order valence-corrected chi connectivity index (χ0v) is 11.3. The smallest absolute Gasteiger partial charge is 0.246 e. The minimum atomic E-state index is -3.44. The topological polar surface area (TPSA) is 62.3 Å². The lowest BCUT2D eigenvalue weighted by atomic mass is 10.4. The molecule has 0 unspecified atom stereocenters. The molecule has 0 aromatic carbocycles. The normalized spacial score (nSPS) is 11.8. The fourth-order valence-electron chi connectivity index (χ4n) is 1.33. The summed E-state index contributed by atoms with van der Waals surface area (Å²) in [7, 11) is -1.88. The Balaban J connectivity index is 3.13. The lowest BCUT2D eigenvalue weighted by Crippen LogP contribution is -2.27. The summed E-state index contributed by atoms with van der Waals surface area (Å²) in [6, 6.07) is 1.69. The van der Waals surface area contributed by atoms with Crippen LogP contribution in [0.1, 0.15) is 20.3 Å². The third-order valence-corrected chi connectivity index (χ3v) is 4.44. The number of nitrogens with zero attached hydrogens (tertiary/aromatic N) is 2. The highest BCUT2D eigenvalue weighted by atomic mass is 32.2. The first-order valence-electron chi connectivity index (χ1n) is 5.68. The Morgan fingerprint density at radius 2 is 2.12 bits per heavy atom. The molecule has 0 radical (unpaired) electrons. The van der Waals surface area contributed by atoms with Gasteiger partial charge in [-0.3, -0.25) is 4.98 Å². The van der Waals surface area contributed by atoms with E-state index in [0.29, 0.717) is 12.2 Å². The SMILES string of the molecule is CCCNc1ccncc1S(=O)(=O)N(C)CC. The second-order valence-corrected chi connectivity index (χ2v) is 5.73. The third-order valence-electron chi connectivity index (χ3n) is 2.48. The molecule has 0 aliphatic heterocycles. The quantitative estimate of drug-likeness (QED) is 0.839. The van der Waals surface area contributed by atoms with Gasteiger partial charge in [0.15, 0.2) is 0 Å². The number of rotatable bonds is 6. The van der Waals surface area contributed by atoms with Gasteiger partial charge in [0.25, 0.3) is 0 Å². The van der Waals surface area contributed by atoms with Crippen LogP contribution in [0.25, 0.3) is 0 Å². The van der Waals surface area contributed by atoms with E-state index in [9.17, 15) is 8.42 Å². The van der Waals surface area contributed by atoms with E-state index in [-0.39, 0.29) is 4.90 Å². The average molecular weight is 257 g/mol. The summed E-state index contributed by atoms with van der Waals surface area (Å²) >= 11 is 0. The Hall–Kier alpha value is -1.14. The van der Waals surface area contributed by atoms with Crippen molar-refractivity contribution < 1.29 is 8.42 Å². The molecule has 1 N–H and O–H groups in total. The van der Waals surface area contributed by atoms with Crippen LogP contribution < -0.4 is 5.32 Å². The van der Waals surface area contributed by atoms with Crippen LogP contribution in [-0.2, 0) is 10.0 Å². The molecule has 1 aromatic heterocycles. The van der Waals surface area contributed by atoms with E-state index in [4.69, 9.17) is 0 Å². The van der Waals surface area contributed by atoms with Gasteiger partial charge in [0, 0.05) is 32.5 Å². The summed E-state index contributed by atoms with van der Waals surface area (Å²) in [5.74, 6) is 0. The van der Waals surface area contributed by atoms with Gasteiger partial charge in [-0.2, -0.15) is 0 Å². The van der Waals surface area contributed by atoms with Gasteiger partial charge in [-0.1, -0.05) is 13.8 Å². The van der Waals surface area contributed by atoms with Crippen LogP contribution in [0.5, 0.6) is 0 Å². The molecule has 0 saturated heterocycles. The van der Waals surface area contributed by atoms with Crippen molar-refractivity contribution in [3.8, 4) is 0 Å². The van der Waals surface area contributed by atoms with E-state index in [1.807, 2.05) is 6.92 Å². The number of hydrogen-bond donors (Lipinski definition) is 1. The summed E-state index contributed by atoms with van der Waals surface area (Å²) in [5, 5.41) is 3.10. The van der Waals surface area contributed by atoms with Crippen molar-refractivity contribution in [3.05, 3.63) is 18.5 Å². The average Bonchev–Trinajstić information content (AvgIpc) is 2.35. The highest BCUT2D eigenvalue weighted by Crippen LogP contribution is 2.22. The maximum absolute atomic E-state index is 12.2. The molecule has 17 heavy (non-hydrogen) atoms. The molecule has 0 fully saturated rings. The van der Waals surface area contributed by atoms with E-state index < -0.39 is 10.0 Å². The van der Waals surface area contributed by atoms with Crippen LogP contribution in [0.15, 0.2) is 23.4 Å². The molecule has 5 nitrogen and oxygen atoms in total. The predicted molar refractivity (Wildman–Crippen MR) is 68.5 cm³/mol. The molecule has 1 heterocycles.